The number of aliphatic carboxylic acids is 1. The molecule has 1 unspecified atom stereocenters. The normalized spacial score (nSPS) is 16.5. The quantitative estimate of drug-likeness (QED) is 0.942. The third-order valence-electron chi connectivity index (χ3n) is 4.78. The van der Waals surface area contributed by atoms with E-state index in [2.05, 4.69) is 42.5 Å². The van der Waals surface area contributed by atoms with Crippen LogP contribution in [0.4, 0.5) is 0 Å². The maximum atomic E-state index is 11.6. The second-order valence-electron chi connectivity index (χ2n) is 7.23. The Balaban J connectivity index is 1.98. The van der Waals surface area contributed by atoms with E-state index in [0.29, 0.717) is 19.0 Å². The van der Waals surface area contributed by atoms with Gasteiger partial charge in [0, 0.05) is 26.1 Å². The molecule has 0 saturated carbocycles. The van der Waals surface area contributed by atoms with E-state index in [-0.39, 0.29) is 5.92 Å². The number of fused-ring (bicyclic) bond motifs is 2. The topological polar surface area (TPSA) is 58.4 Å². The molecular weight excluding hydrogens is 290 g/mol. The van der Waals surface area contributed by atoms with Gasteiger partial charge in [0.25, 0.3) is 0 Å². The second-order valence-corrected chi connectivity index (χ2v) is 7.23. The summed E-state index contributed by atoms with van der Waals surface area (Å²) in [7, 11) is 2.05. The fourth-order valence-electron chi connectivity index (χ4n) is 3.71. The molecule has 124 valence electrons. The van der Waals surface area contributed by atoms with E-state index in [9.17, 15) is 9.90 Å². The highest BCUT2D eigenvalue weighted by Gasteiger charge is 2.33. The van der Waals surface area contributed by atoms with E-state index in [1.165, 1.54) is 11.1 Å². The summed E-state index contributed by atoms with van der Waals surface area (Å²) in [5.74, 6) is 0.821. The van der Waals surface area contributed by atoms with Crippen LogP contribution in [0.3, 0.4) is 0 Å². The van der Waals surface area contributed by atoms with Gasteiger partial charge in [0.2, 0.25) is 0 Å². The van der Waals surface area contributed by atoms with Crippen molar-refractivity contribution in [1.29, 1.82) is 0 Å². The summed E-state index contributed by atoms with van der Waals surface area (Å²) >= 11 is 0. The molecule has 1 N–H and O–H groups in total. The van der Waals surface area contributed by atoms with Crippen LogP contribution in [-0.4, -0.2) is 31.6 Å². The van der Waals surface area contributed by atoms with E-state index < -0.39 is 12.0 Å². The second kappa shape index (κ2) is 5.64. The van der Waals surface area contributed by atoms with Crippen LogP contribution in [0, 0.1) is 5.92 Å². The van der Waals surface area contributed by atoms with Gasteiger partial charge in [-0.3, -0.25) is 9.69 Å². The minimum Gasteiger partial charge on any atom is -0.480 e. The van der Waals surface area contributed by atoms with Gasteiger partial charge < -0.3 is 9.67 Å². The third-order valence-corrected chi connectivity index (χ3v) is 4.78. The van der Waals surface area contributed by atoms with Crippen molar-refractivity contribution in [2.45, 2.75) is 52.7 Å². The number of carboxylic acid groups (broad SMARTS) is 1. The molecule has 5 heteroatoms. The molecule has 0 saturated heterocycles. The van der Waals surface area contributed by atoms with Crippen molar-refractivity contribution in [3.05, 3.63) is 29.1 Å². The minimum absolute atomic E-state index is 0.0851. The van der Waals surface area contributed by atoms with Gasteiger partial charge in [-0.25, -0.2) is 4.98 Å². The lowest BCUT2D eigenvalue weighted by atomic mass is 10.0. The predicted molar refractivity (Wildman–Crippen MR) is 90.3 cm³/mol. The molecule has 1 aromatic carbocycles. The highest BCUT2D eigenvalue weighted by molar-refractivity contribution is 5.79. The van der Waals surface area contributed by atoms with E-state index in [4.69, 9.17) is 4.98 Å². The van der Waals surface area contributed by atoms with Crippen molar-refractivity contribution in [3.8, 4) is 0 Å². The summed E-state index contributed by atoms with van der Waals surface area (Å²) < 4.78 is 2.15. The number of aryl methyl sites for hydroxylation is 1. The van der Waals surface area contributed by atoms with E-state index in [1.54, 1.807) is 0 Å². The van der Waals surface area contributed by atoms with Crippen LogP contribution in [-0.2, 0) is 24.9 Å². The number of carboxylic acids is 1. The van der Waals surface area contributed by atoms with Gasteiger partial charge in [-0.05, 0) is 29.2 Å². The van der Waals surface area contributed by atoms with Gasteiger partial charge in [-0.1, -0.05) is 27.7 Å². The number of aromatic nitrogens is 2. The van der Waals surface area contributed by atoms with Crippen molar-refractivity contribution in [2.75, 3.05) is 0 Å². The first-order valence-corrected chi connectivity index (χ1v) is 8.24. The van der Waals surface area contributed by atoms with E-state index >= 15 is 0 Å². The van der Waals surface area contributed by atoms with Crippen LogP contribution in [0.25, 0.3) is 11.0 Å². The van der Waals surface area contributed by atoms with Crippen LogP contribution in [0.1, 0.15) is 50.6 Å². The first-order valence-electron chi connectivity index (χ1n) is 8.24. The summed E-state index contributed by atoms with van der Waals surface area (Å²) in [6.07, 6.45) is 0. The zero-order valence-electron chi connectivity index (χ0n) is 14.5. The summed E-state index contributed by atoms with van der Waals surface area (Å²) in [6.45, 7) is 9.62. The lowest BCUT2D eigenvalue weighted by Crippen LogP contribution is -2.41. The number of nitrogens with zero attached hydrogens (tertiary/aromatic N) is 3. The third kappa shape index (κ3) is 2.63. The van der Waals surface area contributed by atoms with Gasteiger partial charge in [-0.15, -0.1) is 0 Å². The smallest absolute Gasteiger partial charge is 0.321 e. The lowest BCUT2D eigenvalue weighted by Gasteiger charge is -2.26. The predicted octanol–water partition coefficient (Wildman–Crippen LogP) is 3.12. The monoisotopic (exact) mass is 315 g/mol. The van der Waals surface area contributed by atoms with Crippen LogP contribution in [0.2, 0.25) is 0 Å². The van der Waals surface area contributed by atoms with Gasteiger partial charge in [-0.2, -0.15) is 0 Å². The first-order chi connectivity index (χ1) is 10.8. The summed E-state index contributed by atoms with van der Waals surface area (Å²) in [6, 6.07) is 3.88. The van der Waals surface area contributed by atoms with Crippen LogP contribution >= 0.6 is 0 Å². The largest absolute Gasteiger partial charge is 0.480 e. The number of hydrogen-bond acceptors (Lipinski definition) is 3. The molecule has 3 rings (SSSR count). The standard InChI is InChI=1S/C18H25N3O2/c1-10(2)16(18(22)23)21-8-12-6-14-15(7-13(12)9-21)20(5)17(19-14)11(3)4/h6-7,10-11,16H,8-9H2,1-5H3,(H,22,23). The van der Waals surface area contributed by atoms with Crippen molar-refractivity contribution >= 4 is 17.0 Å². The summed E-state index contributed by atoms with van der Waals surface area (Å²) in [5.41, 5.74) is 4.57. The first kappa shape index (κ1) is 16.0. The Bertz CT molecular complexity index is 761. The van der Waals surface area contributed by atoms with Crippen molar-refractivity contribution in [2.24, 2.45) is 13.0 Å². The Morgan fingerprint density at radius 1 is 1.17 bits per heavy atom. The molecule has 0 spiro atoms. The molecule has 0 aliphatic carbocycles. The molecule has 1 atom stereocenters. The van der Waals surface area contributed by atoms with Crippen molar-refractivity contribution < 1.29 is 9.90 Å². The Kier molecular flexibility index (Phi) is 3.92. The maximum Gasteiger partial charge on any atom is 0.321 e. The van der Waals surface area contributed by atoms with E-state index in [1.807, 2.05) is 13.8 Å². The molecule has 0 fully saturated rings. The van der Waals surface area contributed by atoms with Crippen LogP contribution in [0.5, 0.6) is 0 Å². The molecule has 23 heavy (non-hydrogen) atoms. The van der Waals surface area contributed by atoms with Gasteiger partial charge in [0.1, 0.15) is 11.9 Å². The SMILES string of the molecule is CC(C)c1nc2cc3c(cc2n1C)CN(C(C(=O)O)C(C)C)C3. The fourth-order valence-corrected chi connectivity index (χ4v) is 3.71. The summed E-state index contributed by atoms with van der Waals surface area (Å²) in [5, 5.41) is 9.52. The molecular formula is C18H25N3O2. The number of carbonyl (C=O) groups is 1. The average Bonchev–Trinajstić information content (AvgIpc) is 2.96. The van der Waals surface area contributed by atoms with Gasteiger partial charge in [0.15, 0.2) is 0 Å². The number of rotatable bonds is 4. The number of imidazole rings is 1. The Morgan fingerprint density at radius 3 is 2.30 bits per heavy atom. The van der Waals surface area contributed by atoms with Crippen LogP contribution < -0.4 is 0 Å². The molecule has 0 bridgehead atoms. The van der Waals surface area contributed by atoms with Crippen molar-refractivity contribution in [1.82, 2.24) is 14.5 Å². The molecule has 0 amide bonds. The number of hydrogen-bond donors (Lipinski definition) is 1. The lowest BCUT2D eigenvalue weighted by molar-refractivity contribution is -0.145. The average molecular weight is 315 g/mol. The Hall–Kier alpha value is -1.88. The van der Waals surface area contributed by atoms with Gasteiger partial charge in [0.05, 0.1) is 11.0 Å². The highest BCUT2D eigenvalue weighted by Crippen LogP contribution is 2.31. The van der Waals surface area contributed by atoms with Crippen molar-refractivity contribution in [3.63, 3.8) is 0 Å². The Labute approximate surface area is 136 Å². The molecule has 0 radical (unpaired) electrons. The molecule has 1 aliphatic rings. The molecule has 5 nitrogen and oxygen atoms in total. The van der Waals surface area contributed by atoms with Gasteiger partial charge >= 0.3 is 5.97 Å². The zero-order chi connectivity index (χ0) is 16.9. The highest BCUT2D eigenvalue weighted by atomic mass is 16.4. The minimum atomic E-state index is -0.738. The zero-order valence-corrected chi connectivity index (χ0v) is 14.5. The van der Waals surface area contributed by atoms with Crippen LogP contribution in [0.15, 0.2) is 12.1 Å². The maximum absolute atomic E-state index is 11.6. The molecule has 1 aromatic heterocycles. The molecule has 2 aromatic rings. The number of benzene rings is 1. The molecule has 1 aliphatic heterocycles. The fraction of sp³-hybridized carbons (Fsp3) is 0.556. The van der Waals surface area contributed by atoms with E-state index in [0.717, 1.165) is 16.9 Å². The Morgan fingerprint density at radius 2 is 1.78 bits per heavy atom. The molecule has 2 heterocycles. The summed E-state index contributed by atoms with van der Waals surface area (Å²) in [4.78, 5) is 18.4.